The van der Waals surface area contributed by atoms with Crippen molar-refractivity contribution in [3.8, 4) is 0 Å². The lowest BCUT2D eigenvalue weighted by Crippen LogP contribution is -2.33. The molecule has 0 aliphatic carbocycles. The van der Waals surface area contributed by atoms with E-state index in [0.29, 0.717) is 10.0 Å². The Labute approximate surface area is 109 Å². The minimum atomic E-state index is -4.35. The number of rotatable bonds is 5. The van der Waals surface area contributed by atoms with Crippen LogP contribution in [0, 0.1) is 5.82 Å². The van der Waals surface area contributed by atoms with Crippen molar-refractivity contribution in [2.75, 3.05) is 13.1 Å². The number of ketones is 1. The molecular formula is C11H10BrF4NO. The van der Waals surface area contributed by atoms with E-state index in [2.05, 4.69) is 15.9 Å². The molecule has 0 aromatic heterocycles. The Morgan fingerprint density at radius 2 is 1.94 bits per heavy atom. The van der Waals surface area contributed by atoms with Gasteiger partial charge in [0, 0.05) is 10.9 Å². The molecule has 0 bridgehead atoms. The van der Waals surface area contributed by atoms with Gasteiger partial charge in [-0.25, -0.2) is 4.39 Å². The van der Waals surface area contributed by atoms with Crippen LogP contribution in [0.15, 0.2) is 22.7 Å². The number of Topliss-reactive ketones (excluding diaryl/α,β-unsaturated/α-hetero) is 1. The van der Waals surface area contributed by atoms with Crippen LogP contribution in [0.25, 0.3) is 0 Å². The second kappa shape index (κ2) is 6.29. The lowest BCUT2D eigenvalue weighted by atomic mass is 10.1. The van der Waals surface area contributed by atoms with Gasteiger partial charge in [0.25, 0.3) is 0 Å². The summed E-state index contributed by atoms with van der Waals surface area (Å²) < 4.78 is 48.9. The van der Waals surface area contributed by atoms with Gasteiger partial charge < -0.3 is 5.32 Å². The molecule has 0 amide bonds. The van der Waals surface area contributed by atoms with Crippen molar-refractivity contribution in [2.45, 2.75) is 12.6 Å². The van der Waals surface area contributed by atoms with Gasteiger partial charge in [-0.05, 0) is 23.8 Å². The third kappa shape index (κ3) is 6.11. The summed E-state index contributed by atoms with van der Waals surface area (Å²) in [5.74, 6) is -0.938. The van der Waals surface area contributed by atoms with E-state index in [0.717, 1.165) is 0 Å². The van der Waals surface area contributed by atoms with E-state index in [1.807, 2.05) is 5.32 Å². The van der Waals surface area contributed by atoms with Gasteiger partial charge in [0.15, 0.2) is 5.78 Å². The zero-order valence-corrected chi connectivity index (χ0v) is 10.7. The van der Waals surface area contributed by atoms with Gasteiger partial charge in [0.1, 0.15) is 5.82 Å². The first kappa shape index (κ1) is 15.1. The first-order chi connectivity index (χ1) is 8.26. The molecule has 0 saturated carbocycles. The first-order valence-electron chi connectivity index (χ1n) is 5.00. The molecule has 0 aliphatic rings. The second-order valence-corrected chi connectivity index (χ2v) is 4.63. The molecule has 100 valence electrons. The van der Waals surface area contributed by atoms with Crippen LogP contribution in [0.4, 0.5) is 17.6 Å². The van der Waals surface area contributed by atoms with Crippen molar-refractivity contribution in [1.82, 2.24) is 5.32 Å². The molecular weight excluding hydrogens is 318 g/mol. The fraction of sp³-hybridized carbons (Fsp3) is 0.364. The maximum atomic E-state index is 13.0. The van der Waals surface area contributed by atoms with Crippen LogP contribution in [0.1, 0.15) is 5.56 Å². The predicted octanol–water partition coefficient (Wildman–Crippen LogP) is 2.85. The minimum Gasteiger partial charge on any atom is -0.302 e. The Balaban J connectivity index is 2.45. The molecule has 1 aromatic rings. The van der Waals surface area contributed by atoms with Gasteiger partial charge >= 0.3 is 6.18 Å². The van der Waals surface area contributed by atoms with Gasteiger partial charge in [-0.15, -0.1) is 0 Å². The number of nitrogens with one attached hydrogen (secondary N) is 1. The molecule has 0 fully saturated rings. The highest BCUT2D eigenvalue weighted by Crippen LogP contribution is 2.15. The summed E-state index contributed by atoms with van der Waals surface area (Å²) in [7, 11) is 0. The smallest absolute Gasteiger partial charge is 0.302 e. The van der Waals surface area contributed by atoms with Crippen LogP contribution in [0.5, 0.6) is 0 Å². The van der Waals surface area contributed by atoms with Crippen molar-refractivity contribution in [3.05, 3.63) is 34.1 Å². The van der Waals surface area contributed by atoms with Crippen LogP contribution in [0.3, 0.4) is 0 Å². The zero-order valence-electron chi connectivity index (χ0n) is 9.15. The van der Waals surface area contributed by atoms with Crippen LogP contribution in [-0.2, 0) is 11.2 Å². The minimum absolute atomic E-state index is 0.110. The number of hydrogen-bond donors (Lipinski definition) is 1. The quantitative estimate of drug-likeness (QED) is 0.842. The van der Waals surface area contributed by atoms with E-state index in [-0.39, 0.29) is 6.42 Å². The molecule has 0 aliphatic heterocycles. The summed E-state index contributed by atoms with van der Waals surface area (Å²) in [4.78, 5) is 11.4. The van der Waals surface area contributed by atoms with E-state index in [1.54, 1.807) is 6.07 Å². The Kier molecular flexibility index (Phi) is 5.28. The van der Waals surface area contributed by atoms with Crippen LogP contribution < -0.4 is 5.32 Å². The Bertz CT molecular complexity index is 413. The van der Waals surface area contributed by atoms with Crippen LogP contribution in [-0.4, -0.2) is 25.0 Å². The van der Waals surface area contributed by atoms with Gasteiger partial charge in [0.2, 0.25) is 0 Å². The first-order valence-corrected chi connectivity index (χ1v) is 5.80. The highest BCUT2D eigenvalue weighted by atomic mass is 79.9. The number of benzene rings is 1. The zero-order chi connectivity index (χ0) is 13.8. The Hall–Kier alpha value is -0.950. The van der Waals surface area contributed by atoms with E-state index < -0.39 is 30.9 Å². The SMILES string of the molecule is O=C(CNCC(F)(F)F)Cc1cc(F)cc(Br)c1. The monoisotopic (exact) mass is 327 g/mol. The summed E-state index contributed by atoms with van der Waals surface area (Å²) >= 11 is 3.07. The summed E-state index contributed by atoms with van der Waals surface area (Å²) in [6.07, 6.45) is -4.45. The normalized spacial score (nSPS) is 11.6. The molecule has 18 heavy (non-hydrogen) atoms. The van der Waals surface area contributed by atoms with E-state index >= 15 is 0 Å². The summed E-state index contributed by atoms with van der Waals surface area (Å²) in [5.41, 5.74) is 0.417. The molecule has 1 rings (SSSR count). The van der Waals surface area contributed by atoms with Crippen molar-refractivity contribution >= 4 is 21.7 Å². The Morgan fingerprint density at radius 1 is 1.28 bits per heavy atom. The standard InChI is InChI=1S/C11H10BrF4NO/c12-8-1-7(2-9(13)4-8)3-10(18)5-17-6-11(14,15)16/h1-2,4,17H,3,5-6H2. The number of hydrogen-bond acceptors (Lipinski definition) is 2. The summed E-state index contributed by atoms with van der Waals surface area (Å²) in [6, 6.07) is 3.95. The molecule has 2 nitrogen and oxygen atoms in total. The Morgan fingerprint density at radius 3 is 2.50 bits per heavy atom. The van der Waals surface area contributed by atoms with E-state index in [9.17, 15) is 22.4 Å². The highest BCUT2D eigenvalue weighted by molar-refractivity contribution is 9.10. The largest absolute Gasteiger partial charge is 0.401 e. The van der Waals surface area contributed by atoms with Gasteiger partial charge in [-0.3, -0.25) is 4.79 Å². The molecule has 0 atom stereocenters. The lowest BCUT2D eigenvalue weighted by Gasteiger charge is -2.07. The van der Waals surface area contributed by atoms with Gasteiger partial charge in [-0.1, -0.05) is 15.9 Å². The van der Waals surface area contributed by atoms with Crippen LogP contribution in [0.2, 0.25) is 0 Å². The average Bonchev–Trinajstić information content (AvgIpc) is 2.12. The number of alkyl halides is 3. The van der Waals surface area contributed by atoms with Crippen molar-refractivity contribution in [3.63, 3.8) is 0 Å². The summed E-state index contributed by atoms with van der Waals surface area (Å²) in [6.45, 7) is -1.61. The molecule has 1 N–H and O–H groups in total. The molecule has 1 aromatic carbocycles. The van der Waals surface area contributed by atoms with Crippen molar-refractivity contribution < 1.29 is 22.4 Å². The number of carbonyl (C=O) groups is 1. The maximum absolute atomic E-state index is 13.0. The van der Waals surface area contributed by atoms with Crippen molar-refractivity contribution in [2.24, 2.45) is 0 Å². The fourth-order valence-electron chi connectivity index (χ4n) is 1.35. The predicted molar refractivity (Wildman–Crippen MR) is 61.7 cm³/mol. The third-order valence-electron chi connectivity index (χ3n) is 1.97. The number of halogens is 5. The van der Waals surface area contributed by atoms with Gasteiger partial charge in [0.05, 0.1) is 13.1 Å². The molecule has 0 saturated heterocycles. The maximum Gasteiger partial charge on any atom is 0.401 e. The average molecular weight is 328 g/mol. The molecule has 7 heteroatoms. The topological polar surface area (TPSA) is 29.1 Å². The van der Waals surface area contributed by atoms with Crippen molar-refractivity contribution in [1.29, 1.82) is 0 Å². The van der Waals surface area contributed by atoms with E-state index in [1.165, 1.54) is 12.1 Å². The van der Waals surface area contributed by atoms with Gasteiger partial charge in [-0.2, -0.15) is 13.2 Å². The molecule has 0 spiro atoms. The second-order valence-electron chi connectivity index (χ2n) is 3.71. The fourth-order valence-corrected chi connectivity index (χ4v) is 1.86. The van der Waals surface area contributed by atoms with Crippen LogP contribution >= 0.6 is 15.9 Å². The molecule has 0 radical (unpaired) electrons. The summed E-state index contributed by atoms with van der Waals surface area (Å²) in [5, 5.41) is 1.99. The molecule has 0 heterocycles. The number of carbonyl (C=O) groups excluding carboxylic acids is 1. The lowest BCUT2D eigenvalue weighted by molar-refractivity contribution is -0.127. The third-order valence-corrected chi connectivity index (χ3v) is 2.43. The van der Waals surface area contributed by atoms with E-state index in [4.69, 9.17) is 0 Å². The highest BCUT2D eigenvalue weighted by Gasteiger charge is 2.26. The molecule has 0 unspecified atom stereocenters.